The zero-order valence-corrected chi connectivity index (χ0v) is 22.1. The molecule has 0 spiro atoms. The molecule has 4 fully saturated rings. The largest absolute Gasteiger partial charge is 0.393 e. The standard InChI is InChI=1S/C30H43N3O3/c1-17(6-9-25-32-27-20(28(36)33-25)5-4-14-31-27)21-7-8-22-26-23(11-13-30(21,22)3)29(2)12-10-19(34)15-18(29)16-24(26)35/h4-5,14,17-19,21-24,26,34-35H,6-13,15-16H2,1-3H3,(H,31,32,33,36)/t17-,18+,19-,21-,22+,23?,24-,26+,29+,30-/m1/s1. The molecule has 196 valence electrons. The van der Waals surface area contributed by atoms with E-state index >= 15 is 0 Å². The lowest BCUT2D eigenvalue weighted by atomic mass is 9.43. The molecule has 0 aromatic carbocycles. The van der Waals surface area contributed by atoms with E-state index in [1.807, 2.05) is 0 Å². The fourth-order valence-corrected chi connectivity index (χ4v) is 9.88. The predicted octanol–water partition coefficient (Wildman–Crippen LogP) is 4.88. The van der Waals surface area contributed by atoms with E-state index in [4.69, 9.17) is 0 Å². The molecule has 6 rings (SSSR count). The number of aryl methyl sites for hydroxylation is 1. The number of aliphatic hydroxyl groups is 2. The molecule has 0 saturated heterocycles. The second-order valence-corrected chi connectivity index (χ2v) is 13.4. The highest BCUT2D eigenvalue weighted by atomic mass is 16.3. The Bertz CT molecular complexity index is 1180. The van der Waals surface area contributed by atoms with Gasteiger partial charge in [0.1, 0.15) is 5.82 Å². The van der Waals surface area contributed by atoms with Gasteiger partial charge in [-0.3, -0.25) is 4.79 Å². The zero-order chi connectivity index (χ0) is 25.2. The van der Waals surface area contributed by atoms with Crippen molar-refractivity contribution < 1.29 is 10.2 Å². The molecule has 1 unspecified atom stereocenters. The molecule has 0 amide bonds. The zero-order valence-electron chi connectivity index (χ0n) is 22.1. The summed E-state index contributed by atoms with van der Waals surface area (Å²) in [6.07, 6.45) is 11.8. The van der Waals surface area contributed by atoms with Crippen LogP contribution in [-0.4, -0.2) is 37.4 Å². The Morgan fingerprint density at radius 3 is 2.69 bits per heavy atom. The molecule has 2 aromatic rings. The molecule has 3 N–H and O–H groups in total. The number of hydrogen-bond acceptors (Lipinski definition) is 5. The topological polar surface area (TPSA) is 99.1 Å². The molecule has 36 heavy (non-hydrogen) atoms. The maximum absolute atomic E-state index is 12.5. The summed E-state index contributed by atoms with van der Waals surface area (Å²) in [6.45, 7) is 7.39. The van der Waals surface area contributed by atoms with Crippen LogP contribution in [0, 0.1) is 46.3 Å². The lowest BCUT2D eigenvalue weighted by Gasteiger charge is -2.62. The summed E-state index contributed by atoms with van der Waals surface area (Å²) in [4.78, 5) is 24.4. The third-order valence-electron chi connectivity index (χ3n) is 11.8. The molecular formula is C30H43N3O3. The number of aliphatic hydroxyl groups excluding tert-OH is 2. The van der Waals surface area contributed by atoms with Gasteiger partial charge in [0.05, 0.1) is 17.6 Å². The summed E-state index contributed by atoms with van der Waals surface area (Å²) in [5, 5.41) is 22.3. The normalized spacial score (nSPS) is 43.0. The first-order chi connectivity index (χ1) is 17.2. The summed E-state index contributed by atoms with van der Waals surface area (Å²) in [5.41, 5.74) is 0.972. The van der Waals surface area contributed by atoms with Crippen LogP contribution in [0.4, 0.5) is 0 Å². The van der Waals surface area contributed by atoms with E-state index in [2.05, 4.69) is 35.7 Å². The van der Waals surface area contributed by atoms with E-state index in [9.17, 15) is 15.0 Å². The first-order valence-electron chi connectivity index (χ1n) is 14.4. The molecule has 6 nitrogen and oxygen atoms in total. The highest BCUT2D eigenvalue weighted by molar-refractivity contribution is 5.72. The van der Waals surface area contributed by atoms with Crippen molar-refractivity contribution in [3.8, 4) is 0 Å². The number of nitrogens with zero attached hydrogens (tertiary/aromatic N) is 2. The van der Waals surface area contributed by atoms with Crippen LogP contribution in [0.1, 0.15) is 84.4 Å². The van der Waals surface area contributed by atoms with E-state index in [-0.39, 0.29) is 28.6 Å². The van der Waals surface area contributed by atoms with Gasteiger partial charge in [-0.1, -0.05) is 20.8 Å². The molecule has 4 saturated carbocycles. The second-order valence-electron chi connectivity index (χ2n) is 13.4. The number of H-pyrrole nitrogens is 1. The van der Waals surface area contributed by atoms with Crippen molar-refractivity contribution in [2.24, 2.45) is 46.3 Å². The number of fused-ring (bicyclic) bond motifs is 6. The minimum Gasteiger partial charge on any atom is -0.393 e. The summed E-state index contributed by atoms with van der Waals surface area (Å²) < 4.78 is 0. The van der Waals surface area contributed by atoms with Crippen LogP contribution >= 0.6 is 0 Å². The first kappa shape index (κ1) is 24.5. The Morgan fingerprint density at radius 2 is 1.86 bits per heavy atom. The lowest BCUT2D eigenvalue weighted by molar-refractivity contribution is -0.174. The van der Waals surface area contributed by atoms with Crippen LogP contribution < -0.4 is 5.56 Å². The Morgan fingerprint density at radius 1 is 1.08 bits per heavy atom. The third kappa shape index (κ3) is 3.77. The molecule has 4 aliphatic rings. The van der Waals surface area contributed by atoms with Crippen molar-refractivity contribution in [2.45, 2.75) is 97.2 Å². The fraction of sp³-hybridized carbons (Fsp3) is 0.767. The SMILES string of the molecule is C[C@H](CCc1nc2ncccc2c(=O)[nH]1)[C@H]1CC[C@H]2[C@H]3C(CC[C@]12C)[C@@]1(C)CC[C@@H](O)C[C@H]1C[C@H]3O. The number of pyridine rings is 1. The Labute approximate surface area is 214 Å². The quantitative estimate of drug-likeness (QED) is 0.564. The molecule has 4 aliphatic carbocycles. The fourth-order valence-electron chi connectivity index (χ4n) is 9.88. The molecule has 0 aliphatic heterocycles. The first-order valence-corrected chi connectivity index (χ1v) is 14.4. The molecule has 10 atom stereocenters. The van der Waals surface area contributed by atoms with Gasteiger partial charge in [-0.2, -0.15) is 0 Å². The Kier molecular flexibility index (Phi) is 6.07. The molecule has 2 aromatic heterocycles. The monoisotopic (exact) mass is 493 g/mol. The van der Waals surface area contributed by atoms with Gasteiger partial charge in [-0.15, -0.1) is 0 Å². The van der Waals surface area contributed by atoms with Gasteiger partial charge in [0.15, 0.2) is 5.65 Å². The number of aromatic amines is 1. The lowest BCUT2D eigenvalue weighted by Crippen LogP contribution is -2.58. The van der Waals surface area contributed by atoms with Crippen molar-refractivity contribution in [3.05, 3.63) is 34.5 Å². The van der Waals surface area contributed by atoms with Gasteiger partial charge in [0.2, 0.25) is 0 Å². The number of rotatable bonds is 4. The molecule has 0 bridgehead atoms. The summed E-state index contributed by atoms with van der Waals surface area (Å²) in [5.74, 6) is 3.96. The van der Waals surface area contributed by atoms with E-state index in [0.29, 0.717) is 46.5 Å². The predicted molar refractivity (Wildman–Crippen MR) is 140 cm³/mol. The molecular weight excluding hydrogens is 450 g/mol. The average molecular weight is 494 g/mol. The minimum atomic E-state index is -0.226. The highest BCUT2D eigenvalue weighted by Gasteiger charge is 2.62. The van der Waals surface area contributed by atoms with Gasteiger partial charge in [0.25, 0.3) is 5.56 Å². The third-order valence-corrected chi connectivity index (χ3v) is 11.8. The summed E-state index contributed by atoms with van der Waals surface area (Å²) in [6, 6.07) is 3.54. The highest BCUT2D eigenvalue weighted by Crippen LogP contribution is 2.68. The van der Waals surface area contributed by atoms with Crippen LogP contribution in [0.25, 0.3) is 11.0 Å². The van der Waals surface area contributed by atoms with Crippen molar-refractivity contribution in [1.82, 2.24) is 15.0 Å². The molecule has 2 heterocycles. The van der Waals surface area contributed by atoms with Crippen molar-refractivity contribution in [1.29, 1.82) is 0 Å². The maximum atomic E-state index is 12.5. The summed E-state index contributed by atoms with van der Waals surface area (Å²) >= 11 is 0. The van der Waals surface area contributed by atoms with Gasteiger partial charge in [0, 0.05) is 12.6 Å². The Hall–Kier alpha value is -1.79. The van der Waals surface area contributed by atoms with E-state index in [0.717, 1.165) is 44.3 Å². The van der Waals surface area contributed by atoms with Crippen LogP contribution in [0.5, 0.6) is 0 Å². The number of nitrogens with one attached hydrogen (secondary N) is 1. The van der Waals surface area contributed by atoms with Gasteiger partial charge >= 0.3 is 0 Å². The van der Waals surface area contributed by atoms with Crippen LogP contribution in [0.2, 0.25) is 0 Å². The van der Waals surface area contributed by atoms with Crippen molar-refractivity contribution in [3.63, 3.8) is 0 Å². The van der Waals surface area contributed by atoms with Crippen LogP contribution in [0.15, 0.2) is 23.1 Å². The molecule has 6 heteroatoms. The van der Waals surface area contributed by atoms with Gasteiger partial charge < -0.3 is 15.2 Å². The Balaban J connectivity index is 1.18. The van der Waals surface area contributed by atoms with E-state index in [1.165, 1.54) is 25.7 Å². The van der Waals surface area contributed by atoms with Crippen LogP contribution in [-0.2, 0) is 6.42 Å². The van der Waals surface area contributed by atoms with Crippen LogP contribution in [0.3, 0.4) is 0 Å². The summed E-state index contributed by atoms with van der Waals surface area (Å²) in [7, 11) is 0. The van der Waals surface area contributed by atoms with Gasteiger partial charge in [-0.25, -0.2) is 9.97 Å². The van der Waals surface area contributed by atoms with E-state index < -0.39 is 0 Å². The molecule has 0 radical (unpaired) electrons. The smallest absolute Gasteiger partial charge is 0.260 e. The van der Waals surface area contributed by atoms with Crippen molar-refractivity contribution in [2.75, 3.05) is 0 Å². The minimum absolute atomic E-state index is 0.102. The second kappa shape index (κ2) is 8.90. The number of aromatic nitrogens is 3. The van der Waals surface area contributed by atoms with Gasteiger partial charge in [-0.05, 0) is 116 Å². The van der Waals surface area contributed by atoms with Crippen molar-refractivity contribution >= 4 is 11.0 Å². The van der Waals surface area contributed by atoms with E-state index in [1.54, 1.807) is 18.3 Å². The number of hydrogen-bond donors (Lipinski definition) is 3. The maximum Gasteiger partial charge on any atom is 0.260 e. The average Bonchev–Trinajstić information content (AvgIpc) is 3.21.